The lowest BCUT2D eigenvalue weighted by Crippen LogP contribution is -2.52. The van der Waals surface area contributed by atoms with Gasteiger partial charge in [0.25, 0.3) is 0 Å². The highest BCUT2D eigenvalue weighted by atomic mass is 32.2. The Morgan fingerprint density at radius 3 is 2.57 bits per heavy atom. The van der Waals surface area contributed by atoms with E-state index in [0.29, 0.717) is 19.4 Å². The van der Waals surface area contributed by atoms with Crippen molar-refractivity contribution >= 4 is 21.9 Å². The SMILES string of the molecule is CCCS(=O)(=O)NC(C)C(=O)N1CCCCCC1C(=O)O. The summed E-state index contributed by atoms with van der Waals surface area (Å²) in [5.41, 5.74) is 0. The molecule has 7 nitrogen and oxygen atoms in total. The molecular formula is C13H24N2O5S. The zero-order valence-electron chi connectivity index (χ0n) is 12.5. The quantitative estimate of drug-likeness (QED) is 0.744. The largest absolute Gasteiger partial charge is 0.480 e. The van der Waals surface area contributed by atoms with E-state index in [-0.39, 0.29) is 5.75 Å². The predicted molar refractivity (Wildman–Crippen MR) is 78.3 cm³/mol. The van der Waals surface area contributed by atoms with Crippen LogP contribution in [-0.4, -0.2) is 54.7 Å². The third-order valence-corrected chi connectivity index (χ3v) is 5.18. The van der Waals surface area contributed by atoms with E-state index in [2.05, 4.69) is 4.72 Å². The van der Waals surface area contributed by atoms with E-state index in [1.54, 1.807) is 6.92 Å². The average Bonchev–Trinajstić information content (AvgIpc) is 2.62. The molecule has 0 bridgehead atoms. The lowest BCUT2D eigenvalue weighted by Gasteiger charge is -2.29. The number of aliphatic carboxylic acids is 1. The van der Waals surface area contributed by atoms with E-state index in [4.69, 9.17) is 0 Å². The van der Waals surface area contributed by atoms with Crippen LogP contribution in [-0.2, 0) is 19.6 Å². The van der Waals surface area contributed by atoms with Gasteiger partial charge in [0.1, 0.15) is 6.04 Å². The summed E-state index contributed by atoms with van der Waals surface area (Å²) in [5, 5.41) is 9.25. The molecule has 2 atom stereocenters. The fourth-order valence-corrected chi connectivity index (χ4v) is 3.82. The molecule has 0 aliphatic carbocycles. The second-order valence-electron chi connectivity index (χ2n) is 5.39. The molecule has 0 saturated carbocycles. The number of carbonyl (C=O) groups excluding carboxylic acids is 1. The maximum absolute atomic E-state index is 12.4. The van der Waals surface area contributed by atoms with Crippen LogP contribution in [0.1, 0.15) is 46.0 Å². The fourth-order valence-electron chi connectivity index (χ4n) is 2.52. The van der Waals surface area contributed by atoms with Crippen LogP contribution in [0.4, 0.5) is 0 Å². The number of carboxylic acids is 1. The molecule has 2 unspecified atom stereocenters. The number of carboxylic acid groups (broad SMARTS) is 1. The lowest BCUT2D eigenvalue weighted by atomic mass is 10.1. The molecule has 1 heterocycles. The molecule has 122 valence electrons. The molecule has 8 heteroatoms. The number of amides is 1. The van der Waals surface area contributed by atoms with Crippen LogP contribution < -0.4 is 4.72 Å². The Bertz CT molecular complexity index is 477. The summed E-state index contributed by atoms with van der Waals surface area (Å²) in [7, 11) is -3.51. The van der Waals surface area contributed by atoms with Gasteiger partial charge in [0.15, 0.2) is 0 Å². The van der Waals surface area contributed by atoms with Crippen molar-refractivity contribution in [1.82, 2.24) is 9.62 Å². The summed E-state index contributed by atoms with van der Waals surface area (Å²) >= 11 is 0. The van der Waals surface area contributed by atoms with Crippen molar-refractivity contribution in [2.75, 3.05) is 12.3 Å². The van der Waals surface area contributed by atoms with Crippen LogP contribution in [0.25, 0.3) is 0 Å². The van der Waals surface area contributed by atoms with E-state index in [0.717, 1.165) is 19.3 Å². The van der Waals surface area contributed by atoms with Crippen LogP contribution in [0.15, 0.2) is 0 Å². The fraction of sp³-hybridized carbons (Fsp3) is 0.846. The van der Waals surface area contributed by atoms with Crippen LogP contribution in [0.2, 0.25) is 0 Å². The normalized spacial score (nSPS) is 21.6. The molecule has 21 heavy (non-hydrogen) atoms. The first-order valence-corrected chi connectivity index (χ1v) is 8.97. The second kappa shape index (κ2) is 7.74. The van der Waals surface area contributed by atoms with Gasteiger partial charge in [-0.15, -0.1) is 0 Å². The first kappa shape index (κ1) is 17.9. The lowest BCUT2D eigenvalue weighted by molar-refractivity contribution is -0.150. The molecule has 0 radical (unpaired) electrons. The van der Waals surface area contributed by atoms with E-state index in [9.17, 15) is 23.1 Å². The molecule has 0 aromatic heterocycles. The molecular weight excluding hydrogens is 296 g/mol. The van der Waals surface area contributed by atoms with Crippen molar-refractivity contribution in [1.29, 1.82) is 0 Å². The zero-order valence-corrected chi connectivity index (χ0v) is 13.4. The van der Waals surface area contributed by atoms with Crippen molar-refractivity contribution < 1.29 is 23.1 Å². The highest BCUT2D eigenvalue weighted by Crippen LogP contribution is 2.18. The molecule has 0 aromatic rings. The van der Waals surface area contributed by atoms with Crippen molar-refractivity contribution in [2.24, 2.45) is 0 Å². The average molecular weight is 320 g/mol. The Hall–Kier alpha value is -1.15. The number of carbonyl (C=O) groups is 2. The molecule has 1 aliphatic rings. The first-order valence-electron chi connectivity index (χ1n) is 7.31. The Morgan fingerprint density at radius 2 is 2.00 bits per heavy atom. The van der Waals surface area contributed by atoms with Crippen LogP contribution in [0, 0.1) is 0 Å². The van der Waals surface area contributed by atoms with Gasteiger partial charge in [-0.1, -0.05) is 19.8 Å². The third-order valence-electron chi connectivity index (χ3n) is 3.52. The van der Waals surface area contributed by atoms with Crippen LogP contribution in [0.5, 0.6) is 0 Å². The Kier molecular flexibility index (Phi) is 6.60. The number of hydrogen-bond donors (Lipinski definition) is 2. The maximum Gasteiger partial charge on any atom is 0.326 e. The minimum Gasteiger partial charge on any atom is -0.480 e. The number of rotatable bonds is 6. The van der Waals surface area contributed by atoms with Crippen molar-refractivity contribution in [2.45, 2.75) is 58.0 Å². The molecule has 0 spiro atoms. The molecule has 1 rings (SSSR count). The Morgan fingerprint density at radius 1 is 1.33 bits per heavy atom. The predicted octanol–water partition coefficient (Wildman–Crippen LogP) is 0.560. The van der Waals surface area contributed by atoms with Gasteiger partial charge >= 0.3 is 5.97 Å². The summed E-state index contributed by atoms with van der Waals surface area (Å²) in [6.07, 6.45) is 3.25. The maximum atomic E-state index is 12.4. The van der Waals surface area contributed by atoms with E-state index >= 15 is 0 Å². The van der Waals surface area contributed by atoms with Crippen LogP contribution in [0.3, 0.4) is 0 Å². The van der Waals surface area contributed by atoms with E-state index in [1.807, 2.05) is 0 Å². The zero-order chi connectivity index (χ0) is 16.0. The summed E-state index contributed by atoms with van der Waals surface area (Å²) in [4.78, 5) is 25.0. The number of likely N-dealkylation sites (tertiary alicyclic amines) is 1. The molecule has 1 saturated heterocycles. The van der Waals surface area contributed by atoms with Crippen molar-refractivity contribution in [3.8, 4) is 0 Å². The van der Waals surface area contributed by atoms with Gasteiger partial charge in [0, 0.05) is 6.54 Å². The van der Waals surface area contributed by atoms with Crippen molar-refractivity contribution in [3.63, 3.8) is 0 Å². The smallest absolute Gasteiger partial charge is 0.326 e. The summed E-state index contributed by atoms with van der Waals surface area (Å²) in [6.45, 7) is 3.55. The third kappa shape index (κ3) is 5.28. The minimum absolute atomic E-state index is 0.0486. The summed E-state index contributed by atoms with van der Waals surface area (Å²) < 4.78 is 25.7. The second-order valence-corrected chi connectivity index (χ2v) is 7.27. The molecule has 1 aliphatic heterocycles. The molecule has 1 fully saturated rings. The van der Waals surface area contributed by atoms with Gasteiger partial charge in [0.05, 0.1) is 11.8 Å². The van der Waals surface area contributed by atoms with Gasteiger partial charge in [-0.05, 0) is 26.2 Å². The minimum atomic E-state index is -3.51. The van der Waals surface area contributed by atoms with E-state index < -0.39 is 34.0 Å². The molecule has 1 amide bonds. The summed E-state index contributed by atoms with van der Waals surface area (Å²) in [6, 6.07) is -1.81. The number of nitrogens with one attached hydrogen (secondary N) is 1. The summed E-state index contributed by atoms with van der Waals surface area (Å²) in [5.74, 6) is -1.55. The van der Waals surface area contributed by atoms with Gasteiger partial charge in [-0.2, -0.15) is 0 Å². The van der Waals surface area contributed by atoms with Crippen molar-refractivity contribution in [3.05, 3.63) is 0 Å². The van der Waals surface area contributed by atoms with Gasteiger partial charge in [0.2, 0.25) is 15.9 Å². The highest BCUT2D eigenvalue weighted by molar-refractivity contribution is 7.89. The number of sulfonamides is 1. The Labute approximate surface area is 125 Å². The van der Waals surface area contributed by atoms with Gasteiger partial charge in [-0.25, -0.2) is 17.9 Å². The van der Waals surface area contributed by atoms with Crippen LogP contribution >= 0.6 is 0 Å². The standard InChI is InChI=1S/C13H24N2O5S/c1-3-9-21(19,20)14-10(2)12(16)15-8-6-4-5-7-11(15)13(17)18/h10-11,14H,3-9H2,1-2H3,(H,17,18). The number of hydrogen-bond acceptors (Lipinski definition) is 4. The molecule has 2 N–H and O–H groups in total. The van der Waals surface area contributed by atoms with E-state index in [1.165, 1.54) is 11.8 Å². The topological polar surface area (TPSA) is 104 Å². The highest BCUT2D eigenvalue weighted by Gasteiger charge is 2.34. The number of nitrogens with zero attached hydrogens (tertiary/aromatic N) is 1. The first-order chi connectivity index (χ1) is 9.78. The Balaban J connectivity index is 2.80. The van der Waals surface area contributed by atoms with Gasteiger partial charge in [-0.3, -0.25) is 4.79 Å². The monoisotopic (exact) mass is 320 g/mol. The molecule has 0 aromatic carbocycles. The van der Waals surface area contributed by atoms with Gasteiger partial charge < -0.3 is 10.0 Å².